The molecule has 2 aromatic carbocycles. The van der Waals surface area contributed by atoms with Gasteiger partial charge in [-0.2, -0.15) is 0 Å². The highest BCUT2D eigenvalue weighted by atomic mass is 16.5. The van der Waals surface area contributed by atoms with Crippen molar-refractivity contribution in [1.29, 1.82) is 0 Å². The van der Waals surface area contributed by atoms with Crippen molar-refractivity contribution in [2.24, 2.45) is 10.9 Å². The summed E-state index contributed by atoms with van der Waals surface area (Å²) in [6, 6.07) is 18.1. The second kappa shape index (κ2) is 10.6. The molecule has 29 heavy (non-hydrogen) atoms. The number of aliphatic imine (C=N–C) groups is 1. The smallest absolute Gasteiger partial charge is 0.193 e. The molecule has 1 atom stereocenters. The van der Waals surface area contributed by atoms with Crippen LogP contribution >= 0.6 is 0 Å². The van der Waals surface area contributed by atoms with Crippen LogP contribution in [0.15, 0.2) is 59.6 Å². The Morgan fingerprint density at radius 2 is 1.93 bits per heavy atom. The summed E-state index contributed by atoms with van der Waals surface area (Å²) < 4.78 is 11.3. The summed E-state index contributed by atoms with van der Waals surface area (Å²) in [7, 11) is 5.60. The minimum Gasteiger partial charge on any atom is -0.495 e. The van der Waals surface area contributed by atoms with Crippen molar-refractivity contribution >= 4 is 11.6 Å². The van der Waals surface area contributed by atoms with E-state index in [-0.39, 0.29) is 0 Å². The van der Waals surface area contributed by atoms with Gasteiger partial charge in [-0.1, -0.05) is 30.3 Å². The minimum absolute atomic E-state index is 0.575. The molecule has 0 radical (unpaired) electrons. The first-order valence-corrected chi connectivity index (χ1v) is 10.2. The first kappa shape index (κ1) is 20.8. The summed E-state index contributed by atoms with van der Waals surface area (Å²) in [5.74, 6) is 3.31. The van der Waals surface area contributed by atoms with Crippen LogP contribution in [-0.2, 0) is 0 Å². The van der Waals surface area contributed by atoms with Crippen LogP contribution in [0, 0.1) is 5.92 Å². The Bertz CT molecular complexity index is 781. The molecular formula is C23H32N4O2. The predicted octanol–water partition coefficient (Wildman–Crippen LogP) is 3.11. The van der Waals surface area contributed by atoms with Crippen LogP contribution in [0.3, 0.4) is 0 Å². The SMILES string of the molecule is CN=C(NCC1CCN(c2ccccc2OC)C1)N(C)CCOc1ccccc1. The van der Waals surface area contributed by atoms with Crippen molar-refractivity contribution in [3.63, 3.8) is 0 Å². The van der Waals surface area contributed by atoms with Crippen LogP contribution in [0.4, 0.5) is 5.69 Å². The number of hydrogen-bond acceptors (Lipinski definition) is 4. The lowest BCUT2D eigenvalue weighted by Gasteiger charge is -2.24. The van der Waals surface area contributed by atoms with E-state index < -0.39 is 0 Å². The lowest BCUT2D eigenvalue weighted by molar-refractivity contribution is 0.281. The number of ether oxygens (including phenoxy) is 2. The Balaban J connectivity index is 1.43. The second-order valence-corrected chi connectivity index (χ2v) is 7.28. The third-order valence-corrected chi connectivity index (χ3v) is 5.27. The molecule has 156 valence electrons. The van der Waals surface area contributed by atoms with E-state index in [9.17, 15) is 0 Å². The third kappa shape index (κ3) is 5.79. The average molecular weight is 397 g/mol. The van der Waals surface area contributed by atoms with Crippen LogP contribution in [0.5, 0.6) is 11.5 Å². The number of nitrogens with one attached hydrogen (secondary N) is 1. The number of benzene rings is 2. The molecule has 0 aliphatic carbocycles. The molecule has 6 nitrogen and oxygen atoms in total. The molecule has 6 heteroatoms. The van der Waals surface area contributed by atoms with Crippen molar-refractivity contribution in [1.82, 2.24) is 10.2 Å². The molecule has 1 aliphatic rings. The predicted molar refractivity (Wildman–Crippen MR) is 119 cm³/mol. The molecule has 0 saturated carbocycles. The summed E-state index contributed by atoms with van der Waals surface area (Å²) in [5.41, 5.74) is 1.18. The Morgan fingerprint density at radius 3 is 2.69 bits per heavy atom. The van der Waals surface area contributed by atoms with Gasteiger partial charge in [-0.15, -0.1) is 0 Å². The van der Waals surface area contributed by atoms with Gasteiger partial charge in [-0.25, -0.2) is 0 Å². The van der Waals surface area contributed by atoms with E-state index in [2.05, 4.69) is 32.2 Å². The minimum atomic E-state index is 0.575. The van der Waals surface area contributed by atoms with Crippen molar-refractivity contribution in [3.8, 4) is 11.5 Å². The van der Waals surface area contributed by atoms with Crippen LogP contribution in [0.1, 0.15) is 6.42 Å². The Hall–Kier alpha value is -2.89. The van der Waals surface area contributed by atoms with Gasteiger partial charge in [0, 0.05) is 33.7 Å². The molecule has 3 rings (SSSR count). The molecule has 1 fully saturated rings. The van der Waals surface area contributed by atoms with Crippen molar-refractivity contribution in [3.05, 3.63) is 54.6 Å². The quantitative estimate of drug-likeness (QED) is 0.549. The van der Waals surface area contributed by atoms with Crippen molar-refractivity contribution in [2.75, 3.05) is 58.9 Å². The summed E-state index contributed by atoms with van der Waals surface area (Å²) >= 11 is 0. The van der Waals surface area contributed by atoms with E-state index in [0.29, 0.717) is 12.5 Å². The van der Waals surface area contributed by atoms with Crippen molar-refractivity contribution < 1.29 is 9.47 Å². The molecule has 1 heterocycles. The third-order valence-electron chi connectivity index (χ3n) is 5.27. The molecule has 0 bridgehead atoms. The average Bonchev–Trinajstić information content (AvgIpc) is 3.23. The first-order valence-electron chi connectivity index (χ1n) is 10.2. The molecule has 1 aliphatic heterocycles. The highest BCUT2D eigenvalue weighted by Gasteiger charge is 2.24. The fourth-order valence-electron chi connectivity index (χ4n) is 3.65. The van der Waals surface area contributed by atoms with Gasteiger partial charge in [-0.05, 0) is 36.6 Å². The lowest BCUT2D eigenvalue weighted by Crippen LogP contribution is -2.43. The molecule has 0 spiro atoms. The first-order chi connectivity index (χ1) is 14.2. The molecule has 0 aromatic heterocycles. The summed E-state index contributed by atoms with van der Waals surface area (Å²) in [5, 5.41) is 3.52. The standard InChI is InChI=1S/C23H32N4O2/c1-24-23(26(2)15-16-29-20-9-5-4-6-10-20)25-17-19-13-14-27(18-19)21-11-7-8-12-22(21)28-3/h4-12,19H,13-18H2,1-3H3,(H,24,25). The van der Waals surface area contributed by atoms with Crippen LogP contribution in [0.2, 0.25) is 0 Å². The fourth-order valence-corrected chi connectivity index (χ4v) is 3.65. The zero-order chi connectivity index (χ0) is 20.5. The number of rotatable bonds is 8. The number of para-hydroxylation sites is 3. The van der Waals surface area contributed by atoms with Crippen LogP contribution < -0.4 is 19.7 Å². The maximum absolute atomic E-state index is 5.79. The second-order valence-electron chi connectivity index (χ2n) is 7.28. The number of guanidine groups is 1. The maximum Gasteiger partial charge on any atom is 0.193 e. The lowest BCUT2D eigenvalue weighted by atomic mass is 10.1. The van der Waals surface area contributed by atoms with Crippen molar-refractivity contribution in [2.45, 2.75) is 6.42 Å². The largest absolute Gasteiger partial charge is 0.495 e. The molecule has 1 N–H and O–H groups in total. The van der Waals surface area contributed by atoms with Crippen LogP contribution in [-0.4, -0.2) is 64.9 Å². The van der Waals surface area contributed by atoms with E-state index in [4.69, 9.17) is 9.47 Å². The number of methoxy groups -OCH3 is 1. The molecule has 2 aromatic rings. The van der Waals surface area contributed by atoms with E-state index in [1.807, 2.05) is 56.6 Å². The van der Waals surface area contributed by atoms with Gasteiger partial charge in [0.1, 0.15) is 18.1 Å². The van der Waals surface area contributed by atoms with Gasteiger partial charge < -0.3 is 24.6 Å². The maximum atomic E-state index is 5.79. The summed E-state index contributed by atoms with van der Waals surface area (Å²) in [6.45, 7) is 4.36. The van der Waals surface area contributed by atoms with Gasteiger partial charge in [0.15, 0.2) is 5.96 Å². The fraction of sp³-hybridized carbons (Fsp3) is 0.435. The molecule has 1 unspecified atom stereocenters. The number of likely N-dealkylation sites (N-methyl/N-ethyl adjacent to an activating group) is 1. The number of nitrogens with zero attached hydrogens (tertiary/aromatic N) is 3. The van der Waals surface area contributed by atoms with Gasteiger partial charge >= 0.3 is 0 Å². The summed E-state index contributed by atoms with van der Waals surface area (Å²) in [4.78, 5) is 8.94. The van der Waals surface area contributed by atoms with Gasteiger partial charge in [-0.3, -0.25) is 4.99 Å². The van der Waals surface area contributed by atoms with E-state index >= 15 is 0 Å². The number of anilines is 1. The van der Waals surface area contributed by atoms with Crippen LogP contribution in [0.25, 0.3) is 0 Å². The highest BCUT2D eigenvalue weighted by molar-refractivity contribution is 5.79. The highest BCUT2D eigenvalue weighted by Crippen LogP contribution is 2.31. The zero-order valence-electron chi connectivity index (χ0n) is 17.7. The van der Waals surface area contributed by atoms with Gasteiger partial charge in [0.05, 0.1) is 19.3 Å². The van der Waals surface area contributed by atoms with E-state index in [0.717, 1.165) is 50.1 Å². The Morgan fingerprint density at radius 1 is 1.17 bits per heavy atom. The molecule has 0 amide bonds. The normalized spacial score (nSPS) is 16.6. The Kier molecular flexibility index (Phi) is 7.61. The summed E-state index contributed by atoms with van der Waals surface area (Å²) in [6.07, 6.45) is 1.16. The topological polar surface area (TPSA) is 49.3 Å². The number of hydrogen-bond donors (Lipinski definition) is 1. The van der Waals surface area contributed by atoms with E-state index in [1.165, 1.54) is 5.69 Å². The monoisotopic (exact) mass is 396 g/mol. The van der Waals surface area contributed by atoms with E-state index in [1.54, 1.807) is 7.11 Å². The van der Waals surface area contributed by atoms with Gasteiger partial charge in [0.2, 0.25) is 0 Å². The molecular weight excluding hydrogens is 364 g/mol. The molecule has 1 saturated heterocycles. The van der Waals surface area contributed by atoms with Gasteiger partial charge in [0.25, 0.3) is 0 Å². The zero-order valence-corrected chi connectivity index (χ0v) is 17.7. The Labute approximate surface area is 174 Å².